The van der Waals surface area contributed by atoms with E-state index in [-0.39, 0.29) is 71.6 Å². The number of nitrogens with one attached hydrogen (secondary N) is 1. The molecule has 0 spiro atoms. The van der Waals surface area contributed by atoms with Gasteiger partial charge >= 0.3 is 65.1 Å². The Labute approximate surface area is 182 Å². The molecule has 1 unspecified atom stereocenters. The second-order valence-electron chi connectivity index (χ2n) is 5.87. The van der Waals surface area contributed by atoms with Crippen molar-refractivity contribution in [1.82, 2.24) is 5.32 Å². The summed E-state index contributed by atoms with van der Waals surface area (Å²) in [5, 5.41) is 12.2. The Morgan fingerprint density at radius 1 is 0.864 bits per heavy atom. The molecule has 0 fully saturated rings. The van der Waals surface area contributed by atoms with Crippen LogP contribution >= 0.6 is 0 Å². The molecule has 1 atom stereocenters. The van der Waals surface area contributed by atoms with Crippen LogP contribution in [0.5, 0.6) is 0 Å². The van der Waals surface area contributed by atoms with E-state index in [0.717, 1.165) is 25.8 Å². The van der Waals surface area contributed by atoms with Gasteiger partial charge in [0.1, 0.15) is 0 Å². The Morgan fingerprint density at radius 2 is 1.36 bits per heavy atom. The third-order valence-electron chi connectivity index (χ3n) is 3.76. The van der Waals surface area contributed by atoms with E-state index in [4.69, 9.17) is 5.11 Å². The molecule has 0 bridgehead atoms. The van der Waals surface area contributed by atoms with Gasteiger partial charge in [0.15, 0.2) is 0 Å². The number of carboxylic acid groups (broad SMARTS) is 1. The van der Waals surface area contributed by atoms with Crippen molar-refractivity contribution in [2.45, 2.75) is 96.9 Å². The van der Waals surface area contributed by atoms with E-state index < -0.39 is 5.97 Å². The van der Waals surface area contributed by atoms with Crippen LogP contribution in [0.15, 0.2) is 0 Å². The third kappa shape index (κ3) is 21.4. The summed E-state index contributed by atoms with van der Waals surface area (Å²) in [6.45, 7) is 5.29. The molecule has 0 aromatic heterocycles. The van der Waals surface area contributed by atoms with E-state index >= 15 is 0 Å². The average molecular weight is 333 g/mol. The second-order valence-corrected chi connectivity index (χ2v) is 5.87. The van der Waals surface area contributed by atoms with E-state index in [2.05, 4.69) is 19.2 Å². The normalized spacial score (nSPS) is 11.4. The van der Waals surface area contributed by atoms with E-state index in [0.29, 0.717) is 0 Å². The predicted octanol–water partition coefficient (Wildman–Crippen LogP) is 3.45. The number of rotatable bonds is 15. The molecule has 5 heteroatoms. The van der Waals surface area contributed by atoms with Crippen molar-refractivity contribution in [2.75, 3.05) is 6.54 Å². The van der Waals surface area contributed by atoms with Crippen LogP contribution in [-0.4, -0.2) is 82.8 Å². The molecule has 0 amide bonds. The van der Waals surface area contributed by atoms with Gasteiger partial charge in [-0.25, -0.2) is 0 Å². The van der Waals surface area contributed by atoms with Gasteiger partial charge in [-0.05, 0) is 19.4 Å². The first-order valence-electron chi connectivity index (χ1n) is 8.65. The third-order valence-corrected chi connectivity index (χ3v) is 3.76. The molecule has 0 saturated heterocycles. The van der Waals surface area contributed by atoms with Crippen LogP contribution < -0.4 is 5.32 Å². The molecule has 124 valence electrons. The van der Waals surface area contributed by atoms with Crippen molar-refractivity contribution in [3.63, 3.8) is 0 Å². The first-order valence-corrected chi connectivity index (χ1v) is 8.65. The summed E-state index contributed by atoms with van der Waals surface area (Å²) >= 11 is 0. The van der Waals surface area contributed by atoms with Crippen molar-refractivity contribution < 1.29 is 9.90 Å². The van der Waals surface area contributed by atoms with Gasteiger partial charge in [-0.1, -0.05) is 71.6 Å². The quantitative estimate of drug-likeness (QED) is 0.356. The summed E-state index contributed by atoms with van der Waals surface area (Å²) in [5.41, 5.74) is 0. The van der Waals surface area contributed by atoms with Gasteiger partial charge in [0.05, 0.1) is 6.42 Å². The zero-order chi connectivity index (χ0) is 15.1. The molecular formula is C17H37NNa2O2. The molecule has 0 heterocycles. The van der Waals surface area contributed by atoms with Gasteiger partial charge < -0.3 is 10.4 Å². The molecule has 3 nitrogen and oxygen atoms in total. The molecule has 0 saturated carbocycles. The monoisotopic (exact) mass is 333 g/mol. The van der Waals surface area contributed by atoms with Crippen LogP contribution in [0.1, 0.15) is 90.9 Å². The summed E-state index contributed by atoms with van der Waals surface area (Å²) in [5.74, 6) is -0.686. The van der Waals surface area contributed by atoms with Crippen LogP contribution in [0.25, 0.3) is 0 Å². The van der Waals surface area contributed by atoms with Crippen LogP contribution in [0.2, 0.25) is 0 Å². The zero-order valence-electron chi connectivity index (χ0n) is 13.6. The van der Waals surface area contributed by atoms with Crippen LogP contribution in [0.4, 0.5) is 0 Å². The standard InChI is InChI=1S/C17H35NO2.2Na.2H/c1-3-5-6-7-8-9-10-11-12-13-16(15-17(19)20)18-14-4-2;;;;/h16,18H,3-15H2,1-2H3,(H,19,20);;;;. The van der Waals surface area contributed by atoms with Crippen LogP contribution in [-0.2, 0) is 4.79 Å². The van der Waals surface area contributed by atoms with Crippen LogP contribution in [0.3, 0.4) is 0 Å². The number of hydrogen-bond acceptors (Lipinski definition) is 2. The van der Waals surface area contributed by atoms with Crippen molar-refractivity contribution in [2.24, 2.45) is 0 Å². The van der Waals surface area contributed by atoms with E-state index in [9.17, 15) is 4.79 Å². The average Bonchev–Trinajstić information content (AvgIpc) is 2.42. The van der Waals surface area contributed by atoms with Crippen LogP contribution in [0, 0.1) is 0 Å². The summed E-state index contributed by atoms with van der Waals surface area (Å²) in [6, 6.07) is 0.164. The molecule has 0 aromatic rings. The molecule has 0 aliphatic heterocycles. The van der Waals surface area contributed by atoms with Gasteiger partial charge in [0, 0.05) is 6.04 Å². The maximum atomic E-state index is 10.8. The summed E-state index contributed by atoms with van der Waals surface area (Å²) in [7, 11) is 0. The molecule has 2 N–H and O–H groups in total. The molecule has 0 aliphatic rings. The van der Waals surface area contributed by atoms with E-state index in [1.165, 1.54) is 51.4 Å². The Kier molecular flexibility index (Phi) is 28.8. The number of aliphatic carboxylic acids is 1. The van der Waals surface area contributed by atoms with Gasteiger partial charge in [0.2, 0.25) is 0 Å². The topological polar surface area (TPSA) is 49.3 Å². The molecule has 0 radical (unpaired) electrons. The van der Waals surface area contributed by atoms with Gasteiger partial charge in [-0.3, -0.25) is 4.79 Å². The fraction of sp³-hybridized carbons (Fsp3) is 0.941. The minimum atomic E-state index is -0.686. The Balaban J connectivity index is -0.00000180. The molecule has 22 heavy (non-hydrogen) atoms. The zero-order valence-corrected chi connectivity index (χ0v) is 13.6. The number of unbranched alkanes of at least 4 members (excludes halogenated alkanes) is 8. The van der Waals surface area contributed by atoms with E-state index in [1.54, 1.807) is 0 Å². The molecule has 0 rings (SSSR count). The maximum absolute atomic E-state index is 10.8. The van der Waals surface area contributed by atoms with Gasteiger partial charge in [0.25, 0.3) is 0 Å². The summed E-state index contributed by atoms with van der Waals surface area (Å²) < 4.78 is 0. The van der Waals surface area contributed by atoms with Gasteiger partial charge in [-0.2, -0.15) is 0 Å². The van der Waals surface area contributed by atoms with Crippen molar-refractivity contribution in [3.05, 3.63) is 0 Å². The Hall–Kier alpha value is 1.43. The summed E-state index contributed by atoms with van der Waals surface area (Å²) in [6.07, 6.45) is 14.2. The second kappa shape index (κ2) is 22.4. The number of carbonyl (C=O) groups is 1. The van der Waals surface area contributed by atoms with E-state index in [1.807, 2.05) is 0 Å². The Bertz CT molecular complexity index is 229. The number of carboxylic acids is 1. The fourth-order valence-electron chi connectivity index (χ4n) is 2.54. The predicted molar refractivity (Wildman–Crippen MR) is 100 cm³/mol. The van der Waals surface area contributed by atoms with Crippen molar-refractivity contribution in [3.8, 4) is 0 Å². The fourth-order valence-corrected chi connectivity index (χ4v) is 2.54. The summed E-state index contributed by atoms with van der Waals surface area (Å²) in [4.78, 5) is 10.8. The molecule has 0 aliphatic carbocycles. The first kappa shape index (κ1) is 28.2. The minimum absolute atomic E-state index is 0. The molecular weight excluding hydrogens is 296 g/mol. The SMILES string of the molecule is CCCCCCCCCCCC(CC(=O)O)NCCC.[NaH].[NaH]. The van der Waals surface area contributed by atoms with Crippen molar-refractivity contribution in [1.29, 1.82) is 0 Å². The molecule has 0 aromatic carbocycles. The van der Waals surface area contributed by atoms with Crippen molar-refractivity contribution >= 4 is 65.1 Å². The first-order chi connectivity index (χ1) is 9.70. The van der Waals surface area contributed by atoms with Gasteiger partial charge in [-0.15, -0.1) is 0 Å². The Morgan fingerprint density at radius 3 is 1.82 bits per heavy atom. The number of hydrogen-bond donors (Lipinski definition) is 2.